The number of hydrogen-bond acceptors (Lipinski definition) is 8. The second-order valence-corrected chi connectivity index (χ2v) is 8.56. The number of amides is 1. The lowest BCUT2D eigenvalue weighted by atomic mass is 10.2. The van der Waals surface area contributed by atoms with Crippen LogP contribution in [0.3, 0.4) is 0 Å². The van der Waals surface area contributed by atoms with Crippen molar-refractivity contribution in [2.24, 2.45) is 0 Å². The van der Waals surface area contributed by atoms with Crippen LogP contribution < -0.4 is 26.0 Å². The summed E-state index contributed by atoms with van der Waals surface area (Å²) in [5.41, 5.74) is 1.01. The van der Waals surface area contributed by atoms with Gasteiger partial charge in [-0.1, -0.05) is 36.0 Å². The molecule has 1 amide bonds. The van der Waals surface area contributed by atoms with Crippen LogP contribution in [0.25, 0.3) is 5.69 Å². The molecule has 0 spiro atoms. The Balaban J connectivity index is 1.29. The molecule has 178 valence electrons. The first-order chi connectivity index (χ1) is 17.0. The Kier molecular flexibility index (Phi) is 6.35. The number of hydrogen-bond donors (Lipinski definition) is 3. The number of thioether (sulfide) groups is 1. The molecule has 1 aliphatic rings. The number of nitrogens with one attached hydrogen (secondary N) is 3. The number of benzene rings is 2. The number of carbonyl (C=O) groups is 1. The van der Waals surface area contributed by atoms with E-state index in [2.05, 4.69) is 25.5 Å². The van der Waals surface area contributed by atoms with Crippen LogP contribution in [0.2, 0.25) is 0 Å². The van der Waals surface area contributed by atoms with Gasteiger partial charge in [-0.05, 0) is 29.8 Å². The SMILES string of the molecule is O=C(CSc1nnc(Cc2cc(=O)[nH]c(=O)[nH]2)n1-c1ccccc1)NCc1ccc2c(c1)OCO2. The van der Waals surface area contributed by atoms with Crippen molar-refractivity contribution in [3.05, 3.63) is 92.5 Å². The molecule has 0 bridgehead atoms. The second-order valence-electron chi connectivity index (χ2n) is 7.61. The van der Waals surface area contributed by atoms with Gasteiger partial charge in [0.1, 0.15) is 5.82 Å². The van der Waals surface area contributed by atoms with E-state index in [1.807, 2.05) is 48.5 Å². The van der Waals surface area contributed by atoms with Crippen LogP contribution in [-0.4, -0.2) is 43.2 Å². The van der Waals surface area contributed by atoms with Gasteiger partial charge in [0.15, 0.2) is 16.7 Å². The zero-order valence-corrected chi connectivity index (χ0v) is 19.1. The summed E-state index contributed by atoms with van der Waals surface area (Å²) in [6.07, 6.45) is 0.178. The van der Waals surface area contributed by atoms with Crippen LogP contribution in [0.5, 0.6) is 11.5 Å². The van der Waals surface area contributed by atoms with Gasteiger partial charge in [-0.3, -0.25) is 19.1 Å². The van der Waals surface area contributed by atoms with Crippen molar-refractivity contribution in [3.63, 3.8) is 0 Å². The molecule has 12 heteroatoms. The molecule has 0 atom stereocenters. The van der Waals surface area contributed by atoms with Crippen molar-refractivity contribution in [1.82, 2.24) is 30.0 Å². The second kappa shape index (κ2) is 9.89. The third kappa shape index (κ3) is 5.27. The van der Waals surface area contributed by atoms with Crippen molar-refractivity contribution < 1.29 is 14.3 Å². The van der Waals surface area contributed by atoms with Gasteiger partial charge in [0.25, 0.3) is 5.56 Å². The van der Waals surface area contributed by atoms with Crippen LogP contribution in [0, 0.1) is 0 Å². The Hall–Kier alpha value is -4.32. The van der Waals surface area contributed by atoms with E-state index in [0.29, 0.717) is 34.7 Å². The molecule has 0 unspecified atom stereocenters. The third-order valence-corrected chi connectivity index (χ3v) is 6.07. The Bertz CT molecular complexity index is 1450. The summed E-state index contributed by atoms with van der Waals surface area (Å²) in [5, 5.41) is 11.9. The highest BCUT2D eigenvalue weighted by Crippen LogP contribution is 2.32. The van der Waals surface area contributed by atoms with Gasteiger partial charge in [0.2, 0.25) is 12.7 Å². The number of aromatic nitrogens is 5. The summed E-state index contributed by atoms with van der Waals surface area (Å²) in [5.74, 6) is 1.82. The standard InChI is InChI=1S/C23H20N6O5S/c30-20-10-15(25-22(32)26-20)9-19-27-28-23(29(19)16-4-2-1-3-5-16)35-12-21(31)24-11-14-6-7-17-18(8-14)34-13-33-17/h1-8,10H,9,11-13H2,(H,24,31)(H2,25,26,30,32). The fraction of sp³-hybridized carbons (Fsp3) is 0.174. The maximum Gasteiger partial charge on any atom is 0.325 e. The summed E-state index contributed by atoms with van der Waals surface area (Å²) < 4.78 is 12.5. The lowest BCUT2D eigenvalue weighted by Crippen LogP contribution is -2.24. The highest BCUT2D eigenvalue weighted by molar-refractivity contribution is 7.99. The molecule has 4 aromatic rings. The molecule has 0 fully saturated rings. The van der Waals surface area contributed by atoms with E-state index in [4.69, 9.17) is 9.47 Å². The van der Waals surface area contributed by atoms with Gasteiger partial charge >= 0.3 is 5.69 Å². The summed E-state index contributed by atoms with van der Waals surface area (Å²) in [7, 11) is 0. The zero-order chi connectivity index (χ0) is 24.2. The van der Waals surface area contributed by atoms with E-state index < -0.39 is 11.2 Å². The number of fused-ring (bicyclic) bond motifs is 1. The highest BCUT2D eigenvalue weighted by atomic mass is 32.2. The molecule has 2 aromatic carbocycles. The molecular weight excluding hydrogens is 472 g/mol. The average molecular weight is 493 g/mol. The Morgan fingerprint density at radius 3 is 2.69 bits per heavy atom. The van der Waals surface area contributed by atoms with Gasteiger partial charge in [0, 0.05) is 30.4 Å². The molecule has 11 nitrogen and oxygen atoms in total. The summed E-state index contributed by atoms with van der Waals surface area (Å²) in [4.78, 5) is 40.6. The largest absolute Gasteiger partial charge is 0.454 e. The molecule has 35 heavy (non-hydrogen) atoms. The van der Waals surface area contributed by atoms with Crippen molar-refractivity contribution in [2.45, 2.75) is 18.1 Å². The molecule has 3 heterocycles. The van der Waals surface area contributed by atoms with Gasteiger partial charge in [-0.15, -0.1) is 10.2 Å². The number of para-hydroxylation sites is 1. The fourth-order valence-electron chi connectivity index (χ4n) is 3.56. The number of ether oxygens (including phenoxy) is 2. The van der Waals surface area contributed by atoms with Crippen molar-refractivity contribution in [2.75, 3.05) is 12.5 Å². The first kappa shape index (κ1) is 22.5. The van der Waals surface area contributed by atoms with Gasteiger partial charge in [0.05, 0.1) is 5.75 Å². The summed E-state index contributed by atoms with van der Waals surface area (Å²) in [6, 6.07) is 16.2. The van der Waals surface area contributed by atoms with E-state index in [1.165, 1.54) is 17.8 Å². The van der Waals surface area contributed by atoms with Crippen LogP contribution in [-0.2, 0) is 17.8 Å². The number of rotatable bonds is 8. The number of H-pyrrole nitrogens is 2. The first-order valence-electron chi connectivity index (χ1n) is 10.7. The molecule has 3 N–H and O–H groups in total. The molecular formula is C23H20N6O5S. The lowest BCUT2D eigenvalue weighted by Gasteiger charge is -2.10. The van der Waals surface area contributed by atoms with E-state index in [9.17, 15) is 14.4 Å². The average Bonchev–Trinajstić information content (AvgIpc) is 3.47. The molecule has 2 aromatic heterocycles. The van der Waals surface area contributed by atoms with Gasteiger partial charge in [-0.2, -0.15) is 0 Å². The molecule has 0 aliphatic carbocycles. The predicted octanol–water partition coefficient (Wildman–Crippen LogP) is 1.37. The van der Waals surface area contributed by atoms with E-state index in [0.717, 1.165) is 11.3 Å². The minimum Gasteiger partial charge on any atom is -0.454 e. The third-order valence-electron chi connectivity index (χ3n) is 5.14. The van der Waals surface area contributed by atoms with Crippen LogP contribution in [0.1, 0.15) is 17.1 Å². The normalized spacial score (nSPS) is 12.0. The van der Waals surface area contributed by atoms with Gasteiger partial charge in [-0.25, -0.2) is 4.79 Å². The Morgan fingerprint density at radius 2 is 1.86 bits per heavy atom. The minimum absolute atomic E-state index is 0.122. The first-order valence-corrected chi connectivity index (χ1v) is 11.6. The Morgan fingerprint density at radius 1 is 1.03 bits per heavy atom. The smallest absolute Gasteiger partial charge is 0.325 e. The van der Waals surface area contributed by atoms with E-state index in [1.54, 1.807) is 4.57 Å². The van der Waals surface area contributed by atoms with E-state index in [-0.39, 0.29) is 24.9 Å². The minimum atomic E-state index is -0.591. The lowest BCUT2D eigenvalue weighted by molar-refractivity contribution is -0.118. The summed E-state index contributed by atoms with van der Waals surface area (Å²) in [6.45, 7) is 0.547. The van der Waals surface area contributed by atoms with Crippen LogP contribution in [0.4, 0.5) is 0 Å². The van der Waals surface area contributed by atoms with Gasteiger partial charge < -0.3 is 19.8 Å². The Labute approximate surface area is 202 Å². The number of nitrogens with zero attached hydrogens (tertiary/aromatic N) is 3. The molecule has 5 rings (SSSR count). The number of carbonyl (C=O) groups excluding carboxylic acids is 1. The number of aromatic amines is 2. The molecule has 0 saturated heterocycles. The maximum atomic E-state index is 12.5. The van der Waals surface area contributed by atoms with Crippen molar-refractivity contribution in [1.29, 1.82) is 0 Å². The van der Waals surface area contributed by atoms with E-state index >= 15 is 0 Å². The fourth-order valence-corrected chi connectivity index (χ4v) is 4.36. The van der Waals surface area contributed by atoms with Crippen molar-refractivity contribution >= 4 is 17.7 Å². The maximum absolute atomic E-state index is 12.5. The quantitative estimate of drug-likeness (QED) is 0.313. The van der Waals surface area contributed by atoms with Crippen molar-refractivity contribution in [3.8, 4) is 17.2 Å². The molecule has 0 saturated carbocycles. The van der Waals surface area contributed by atoms with Crippen LogP contribution in [0.15, 0.2) is 69.3 Å². The predicted molar refractivity (Wildman–Crippen MR) is 127 cm³/mol. The molecule has 0 radical (unpaired) electrons. The highest BCUT2D eigenvalue weighted by Gasteiger charge is 2.17. The monoisotopic (exact) mass is 492 g/mol. The molecule has 1 aliphatic heterocycles. The van der Waals surface area contributed by atoms with Crippen LogP contribution >= 0.6 is 11.8 Å². The topological polar surface area (TPSA) is 144 Å². The zero-order valence-electron chi connectivity index (χ0n) is 18.3. The summed E-state index contributed by atoms with van der Waals surface area (Å²) >= 11 is 1.24.